The quantitative estimate of drug-likeness (QED) is 0.378. The summed E-state index contributed by atoms with van der Waals surface area (Å²) in [6.07, 6.45) is 21.1. The van der Waals surface area contributed by atoms with Crippen LogP contribution in [0.3, 0.4) is 0 Å². The molecule has 3 heteroatoms. The fraction of sp³-hybridized carbons (Fsp3) is 0.643. The fourth-order valence-corrected chi connectivity index (χ4v) is 5.39. The molecule has 0 atom stereocenters. The van der Waals surface area contributed by atoms with E-state index >= 15 is 0 Å². The molecular formula is C28H38F2O. The molecule has 0 spiro atoms. The standard InChI is InChI=1S/C28H38F2O/c1-2-5-22-8-12-25(13-9-22)16-17-26-14-10-23(11-15-26)6-3-4-7-24-18-20-27(21-19-24)31-28(29)30/h3,6,18-23,25-26,28H,2,5,8-17H2,1H3. The molecule has 2 aliphatic rings. The van der Waals surface area contributed by atoms with Gasteiger partial charge in [-0.25, -0.2) is 0 Å². The van der Waals surface area contributed by atoms with Gasteiger partial charge in [-0.15, -0.1) is 0 Å². The molecule has 2 aliphatic carbocycles. The van der Waals surface area contributed by atoms with Gasteiger partial charge in [-0.3, -0.25) is 0 Å². The van der Waals surface area contributed by atoms with Gasteiger partial charge in [-0.1, -0.05) is 76.2 Å². The SMILES string of the molecule is CCCC1CCC(CCC2CCC(C=CC#Cc3ccc(OC(F)F)cc3)CC2)CC1. The van der Waals surface area contributed by atoms with Crippen molar-refractivity contribution in [3.8, 4) is 17.6 Å². The Bertz CT molecular complexity index is 712. The largest absolute Gasteiger partial charge is 0.435 e. The second-order valence-corrected chi connectivity index (χ2v) is 9.56. The van der Waals surface area contributed by atoms with Crippen LogP contribution in [0.5, 0.6) is 5.75 Å². The van der Waals surface area contributed by atoms with Crippen molar-refractivity contribution in [2.75, 3.05) is 0 Å². The molecule has 2 fully saturated rings. The topological polar surface area (TPSA) is 9.23 Å². The van der Waals surface area contributed by atoms with E-state index in [4.69, 9.17) is 0 Å². The molecule has 1 nitrogen and oxygen atoms in total. The predicted octanol–water partition coefficient (Wildman–Crippen LogP) is 8.39. The van der Waals surface area contributed by atoms with Crippen LogP contribution in [-0.4, -0.2) is 6.61 Å². The Morgan fingerprint density at radius 1 is 0.871 bits per heavy atom. The van der Waals surface area contributed by atoms with Gasteiger partial charge in [0.25, 0.3) is 0 Å². The number of rotatable bonds is 8. The van der Waals surface area contributed by atoms with Crippen molar-refractivity contribution >= 4 is 0 Å². The summed E-state index contributed by atoms with van der Waals surface area (Å²) in [7, 11) is 0. The summed E-state index contributed by atoms with van der Waals surface area (Å²) >= 11 is 0. The van der Waals surface area contributed by atoms with E-state index in [-0.39, 0.29) is 5.75 Å². The van der Waals surface area contributed by atoms with Crippen molar-refractivity contribution < 1.29 is 13.5 Å². The Kier molecular flexibility index (Phi) is 9.91. The lowest BCUT2D eigenvalue weighted by molar-refractivity contribution is -0.0498. The van der Waals surface area contributed by atoms with E-state index in [9.17, 15) is 8.78 Å². The zero-order chi connectivity index (χ0) is 21.9. The van der Waals surface area contributed by atoms with Crippen molar-refractivity contribution in [3.05, 3.63) is 42.0 Å². The van der Waals surface area contributed by atoms with Gasteiger partial charge in [-0.2, -0.15) is 8.78 Å². The van der Waals surface area contributed by atoms with E-state index in [1.807, 2.05) is 6.08 Å². The molecule has 0 bridgehead atoms. The van der Waals surface area contributed by atoms with Gasteiger partial charge in [0, 0.05) is 5.56 Å². The van der Waals surface area contributed by atoms with Gasteiger partial charge in [0.15, 0.2) is 0 Å². The monoisotopic (exact) mass is 428 g/mol. The zero-order valence-electron chi connectivity index (χ0n) is 19.0. The average Bonchev–Trinajstić information content (AvgIpc) is 2.78. The molecule has 0 unspecified atom stereocenters. The Morgan fingerprint density at radius 3 is 1.97 bits per heavy atom. The first-order valence-electron chi connectivity index (χ1n) is 12.4. The minimum absolute atomic E-state index is 0.164. The average molecular weight is 429 g/mol. The normalized spacial score (nSPS) is 26.6. The third-order valence-electron chi connectivity index (χ3n) is 7.29. The molecule has 0 aliphatic heterocycles. The summed E-state index contributed by atoms with van der Waals surface area (Å²) < 4.78 is 28.7. The summed E-state index contributed by atoms with van der Waals surface area (Å²) in [6, 6.07) is 6.47. The smallest absolute Gasteiger partial charge is 0.387 e. The molecule has 31 heavy (non-hydrogen) atoms. The van der Waals surface area contributed by atoms with Gasteiger partial charge >= 0.3 is 6.61 Å². The highest BCUT2D eigenvalue weighted by atomic mass is 19.3. The zero-order valence-corrected chi connectivity index (χ0v) is 19.0. The van der Waals surface area contributed by atoms with Crippen LogP contribution in [0.25, 0.3) is 0 Å². The maximum absolute atomic E-state index is 12.2. The van der Waals surface area contributed by atoms with Crippen LogP contribution in [0.15, 0.2) is 36.4 Å². The number of hydrogen-bond donors (Lipinski definition) is 0. The molecule has 0 aromatic heterocycles. The van der Waals surface area contributed by atoms with Crippen LogP contribution >= 0.6 is 0 Å². The molecule has 0 heterocycles. The number of halogens is 2. The first kappa shape index (κ1) is 23.8. The lowest BCUT2D eigenvalue weighted by atomic mass is 9.75. The van der Waals surface area contributed by atoms with E-state index in [1.165, 1.54) is 89.2 Å². The number of allylic oxidation sites excluding steroid dienone is 2. The van der Waals surface area contributed by atoms with E-state index in [2.05, 4.69) is 29.6 Å². The maximum atomic E-state index is 12.2. The van der Waals surface area contributed by atoms with Crippen molar-refractivity contribution in [1.29, 1.82) is 0 Å². The van der Waals surface area contributed by atoms with E-state index in [0.29, 0.717) is 5.92 Å². The molecule has 1 aromatic carbocycles. The van der Waals surface area contributed by atoms with E-state index in [0.717, 1.165) is 23.3 Å². The molecule has 0 N–H and O–H groups in total. The van der Waals surface area contributed by atoms with E-state index in [1.54, 1.807) is 12.1 Å². The third kappa shape index (κ3) is 8.68. The lowest BCUT2D eigenvalue weighted by Crippen LogP contribution is -2.17. The Balaban J connectivity index is 1.31. The molecule has 2 saturated carbocycles. The summed E-state index contributed by atoms with van der Waals surface area (Å²) in [5.41, 5.74) is 0.804. The molecule has 1 aromatic rings. The highest BCUT2D eigenvalue weighted by molar-refractivity contribution is 5.40. The van der Waals surface area contributed by atoms with Gasteiger partial charge in [0.2, 0.25) is 0 Å². The van der Waals surface area contributed by atoms with Gasteiger partial charge < -0.3 is 4.74 Å². The highest BCUT2D eigenvalue weighted by Crippen LogP contribution is 2.37. The van der Waals surface area contributed by atoms with Crippen molar-refractivity contribution in [2.24, 2.45) is 23.7 Å². The molecule has 0 radical (unpaired) electrons. The van der Waals surface area contributed by atoms with Crippen molar-refractivity contribution in [3.63, 3.8) is 0 Å². The summed E-state index contributed by atoms with van der Waals surface area (Å²) in [6.45, 7) is -0.472. The first-order chi connectivity index (χ1) is 15.1. The number of benzene rings is 1. The minimum atomic E-state index is -2.79. The lowest BCUT2D eigenvalue weighted by Gasteiger charge is -2.31. The second-order valence-electron chi connectivity index (χ2n) is 9.56. The van der Waals surface area contributed by atoms with Crippen LogP contribution in [0, 0.1) is 35.5 Å². The molecule has 0 saturated heterocycles. The molecule has 3 rings (SSSR count). The van der Waals surface area contributed by atoms with E-state index < -0.39 is 6.61 Å². The first-order valence-corrected chi connectivity index (χ1v) is 12.4. The van der Waals surface area contributed by atoms with Crippen molar-refractivity contribution in [2.45, 2.75) is 90.6 Å². The van der Waals surface area contributed by atoms with Crippen LogP contribution < -0.4 is 4.74 Å². The molecule has 170 valence electrons. The Morgan fingerprint density at radius 2 is 1.42 bits per heavy atom. The van der Waals surface area contributed by atoms with Crippen LogP contribution in [-0.2, 0) is 0 Å². The number of hydrogen-bond acceptors (Lipinski definition) is 1. The maximum Gasteiger partial charge on any atom is 0.387 e. The van der Waals surface area contributed by atoms with Gasteiger partial charge in [0.05, 0.1) is 0 Å². The summed E-state index contributed by atoms with van der Waals surface area (Å²) in [4.78, 5) is 0. The van der Waals surface area contributed by atoms with Gasteiger partial charge in [-0.05, 0) is 79.7 Å². The van der Waals surface area contributed by atoms with Gasteiger partial charge in [0.1, 0.15) is 5.75 Å². The fourth-order valence-electron chi connectivity index (χ4n) is 5.39. The minimum Gasteiger partial charge on any atom is -0.435 e. The molecule has 0 amide bonds. The summed E-state index contributed by atoms with van der Waals surface area (Å²) in [5, 5.41) is 0. The number of alkyl halides is 2. The van der Waals surface area contributed by atoms with Crippen LogP contribution in [0.1, 0.15) is 89.5 Å². The van der Waals surface area contributed by atoms with Crippen molar-refractivity contribution in [1.82, 2.24) is 0 Å². The summed E-state index contributed by atoms with van der Waals surface area (Å²) in [5.74, 6) is 9.90. The van der Waals surface area contributed by atoms with Crippen LogP contribution in [0.2, 0.25) is 0 Å². The third-order valence-corrected chi connectivity index (χ3v) is 7.29. The van der Waals surface area contributed by atoms with Crippen LogP contribution in [0.4, 0.5) is 8.78 Å². The second kappa shape index (κ2) is 12.9. The Labute approximate surface area is 187 Å². The highest BCUT2D eigenvalue weighted by Gasteiger charge is 2.23. The predicted molar refractivity (Wildman–Crippen MR) is 124 cm³/mol. The Hall–Kier alpha value is -1.82. The molecular weight excluding hydrogens is 390 g/mol. The number of ether oxygens (including phenoxy) is 1.